The number of fused-ring (bicyclic) bond motifs is 1. The van der Waals surface area contributed by atoms with Crippen LogP contribution < -0.4 is 5.32 Å². The van der Waals surface area contributed by atoms with E-state index in [1.54, 1.807) is 29.1 Å². The van der Waals surface area contributed by atoms with E-state index in [0.717, 1.165) is 24.5 Å². The van der Waals surface area contributed by atoms with Gasteiger partial charge in [0.15, 0.2) is 0 Å². The number of aromatic amines is 1. The minimum absolute atomic E-state index is 0.0544. The molecule has 0 bridgehead atoms. The molecular formula is C25H21F3N4O. The van der Waals surface area contributed by atoms with E-state index in [0.29, 0.717) is 23.2 Å². The van der Waals surface area contributed by atoms with E-state index < -0.39 is 11.6 Å². The zero-order chi connectivity index (χ0) is 23.1. The summed E-state index contributed by atoms with van der Waals surface area (Å²) >= 11 is 0. The van der Waals surface area contributed by atoms with Crippen molar-refractivity contribution in [3.63, 3.8) is 0 Å². The molecule has 1 aliphatic rings. The molecule has 5 rings (SSSR count). The Morgan fingerprint density at radius 2 is 1.91 bits per heavy atom. The third-order valence-electron chi connectivity index (χ3n) is 6.27. The summed E-state index contributed by atoms with van der Waals surface area (Å²) in [6, 6.07) is 8.11. The van der Waals surface area contributed by atoms with Gasteiger partial charge >= 0.3 is 0 Å². The number of nitrogens with zero attached hydrogens (tertiary/aromatic N) is 2. The molecule has 0 unspecified atom stereocenters. The lowest BCUT2D eigenvalue weighted by atomic mass is 9.70. The van der Waals surface area contributed by atoms with Crippen LogP contribution in [0.3, 0.4) is 0 Å². The molecule has 8 heteroatoms. The highest BCUT2D eigenvalue weighted by molar-refractivity contribution is 6.12. The van der Waals surface area contributed by atoms with Gasteiger partial charge in [0, 0.05) is 30.4 Å². The van der Waals surface area contributed by atoms with E-state index in [2.05, 4.69) is 21.9 Å². The molecule has 1 aliphatic carbocycles. The van der Waals surface area contributed by atoms with Crippen molar-refractivity contribution in [2.24, 2.45) is 5.92 Å². The van der Waals surface area contributed by atoms with Crippen LogP contribution in [0.4, 0.5) is 13.2 Å². The molecule has 1 fully saturated rings. The largest absolute Gasteiger partial charge is 0.352 e. The summed E-state index contributed by atoms with van der Waals surface area (Å²) in [5.41, 5.74) is 2.70. The number of imidazole rings is 1. The first-order valence-corrected chi connectivity index (χ1v) is 10.6. The monoisotopic (exact) mass is 450 g/mol. The molecule has 5 nitrogen and oxygen atoms in total. The van der Waals surface area contributed by atoms with Gasteiger partial charge in [0.05, 0.1) is 17.5 Å². The number of halogens is 3. The van der Waals surface area contributed by atoms with E-state index >= 15 is 0 Å². The van der Waals surface area contributed by atoms with Gasteiger partial charge < -0.3 is 14.9 Å². The predicted molar refractivity (Wildman–Crippen MR) is 120 cm³/mol. The predicted octanol–water partition coefficient (Wildman–Crippen LogP) is 5.23. The van der Waals surface area contributed by atoms with Crippen LogP contribution in [0.1, 0.15) is 24.3 Å². The van der Waals surface area contributed by atoms with Crippen LogP contribution in [0.15, 0.2) is 61.7 Å². The van der Waals surface area contributed by atoms with Crippen molar-refractivity contribution in [2.45, 2.75) is 18.8 Å². The minimum atomic E-state index is -0.666. The summed E-state index contributed by atoms with van der Waals surface area (Å²) in [6.45, 7) is 4.26. The number of aromatic nitrogens is 3. The van der Waals surface area contributed by atoms with E-state index in [9.17, 15) is 18.0 Å². The number of carbonyl (C=O) groups excluding carboxylic acids is 1. The molecule has 1 amide bonds. The van der Waals surface area contributed by atoms with Crippen LogP contribution in [-0.4, -0.2) is 27.0 Å². The van der Waals surface area contributed by atoms with E-state index in [1.807, 2.05) is 0 Å². The first-order valence-electron chi connectivity index (χ1n) is 10.6. The second-order valence-corrected chi connectivity index (χ2v) is 8.39. The average Bonchev–Trinajstić information content (AvgIpc) is 3.41. The lowest BCUT2D eigenvalue weighted by molar-refractivity contribution is -0.116. The third kappa shape index (κ3) is 3.92. The highest BCUT2D eigenvalue weighted by Gasteiger charge is 2.35. The topological polar surface area (TPSA) is 62.7 Å². The van der Waals surface area contributed by atoms with Crippen molar-refractivity contribution in [2.75, 3.05) is 6.54 Å². The van der Waals surface area contributed by atoms with Crippen molar-refractivity contribution < 1.29 is 18.0 Å². The van der Waals surface area contributed by atoms with Gasteiger partial charge in [-0.05, 0) is 66.1 Å². The van der Waals surface area contributed by atoms with E-state index in [1.165, 1.54) is 24.5 Å². The summed E-state index contributed by atoms with van der Waals surface area (Å²) in [4.78, 5) is 19.3. The second kappa shape index (κ2) is 8.27. The van der Waals surface area contributed by atoms with Crippen molar-refractivity contribution in [3.8, 4) is 11.3 Å². The van der Waals surface area contributed by atoms with Crippen LogP contribution in [0, 0.1) is 23.4 Å². The van der Waals surface area contributed by atoms with Crippen molar-refractivity contribution in [1.29, 1.82) is 0 Å². The lowest BCUT2D eigenvalue weighted by Gasteiger charge is -2.36. The minimum Gasteiger partial charge on any atom is -0.352 e. The van der Waals surface area contributed by atoms with Crippen molar-refractivity contribution in [3.05, 3.63) is 84.7 Å². The Hall–Kier alpha value is -3.81. The third-order valence-corrected chi connectivity index (χ3v) is 6.27. The molecule has 0 atom stereocenters. The van der Waals surface area contributed by atoms with Crippen LogP contribution >= 0.6 is 0 Å². The van der Waals surface area contributed by atoms with Crippen LogP contribution in [0.5, 0.6) is 0 Å². The number of H-pyrrole nitrogens is 1. The maximum absolute atomic E-state index is 14.5. The van der Waals surface area contributed by atoms with E-state index in [-0.39, 0.29) is 34.8 Å². The number of hydrogen-bond acceptors (Lipinski definition) is 2. The van der Waals surface area contributed by atoms with Crippen molar-refractivity contribution >= 4 is 22.5 Å². The van der Waals surface area contributed by atoms with Gasteiger partial charge in [-0.15, -0.1) is 0 Å². The normalized spacial score (nSPS) is 17.7. The molecule has 168 valence electrons. The summed E-state index contributed by atoms with van der Waals surface area (Å²) in [5.74, 6) is -1.68. The van der Waals surface area contributed by atoms with E-state index in [4.69, 9.17) is 0 Å². The van der Waals surface area contributed by atoms with Crippen molar-refractivity contribution in [1.82, 2.24) is 19.9 Å². The molecule has 2 aromatic heterocycles. The van der Waals surface area contributed by atoms with Gasteiger partial charge in [-0.2, -0.15) is 0 Å². The van der Waals surface area contributed by atoms with Gasteiger partial charge in [0.1, 0.15) is 23.1 Å². The molecular weight excluding hydrogens is 429 g/mol. The molecule has 0 spiro atoms. The number of hydrogen-bond donors (Lipinski definition) is 2. The summed E-state index contributed by atoms with van der Waals surface area (Å²) in [5, 5.41) is 3.38. The molecule has 0 radical (unpaired) electrons. The van der Waals surface area contributed by atoms with Gasteiger partial charge in [-0.1, -0.05) is 6.58 Å². The molecule has 0 saturated heterocycles. The summed E-state index contributed by atoms with van der Waals surface area (Å²) in [7, 11) is 0. The molecule has 4 aromatic rings. The number of amides is 1. The zero-order valence-electron chi connectivity index (χ0n) is 17.6. The van der Waals surface area contributed by atoms with Crippen LogP contribution in [0.2, 0.25) is 0 Å². The Balaban J connectivity index is 1.36. The lowest BCUT2D eigenvalue weighted by Crippen LogP contribution is -2.36. The standard InChI is InChI=1S/C25H21F3N4O/c1-14(32-7-6-29-13-32)25(33)30-12-15-8-17(9-15)22-20-10-19(27)11-21(28)24(20)31-23(22)16-2-4-18(26)5-3-16/h2-7,10-11,13,15,17,31H,1,8-9,12H2,(H,30,33). The first kappa shape index (κ1) is 21.1. The van der Waals surface area contributed by atoms with Gasteiger partial charge in [0.2, 0.25) is 0 Å². The molecule has 33 heavy (non-hydrogen) atoms. The Bertz CT molecular complexity index is 1340. The fraction of sp³-hybridized carbons (Fsp3) is 0.200. The Morgan fingerprint density at radius 3 is 2.61 bits per heavy atom. The summed E-state index contributed by atoms with van der Waals surface area (Å²) in [6.07, 6.45) is 6.22. The number of nitrogens with one attached hydrogen (secondary N) is 2. The van der Waals surface area contributed by atoms with Gasteiger partial charge in [-0.3, -0.25) is 4.79 Å². The zero-order valence-corrected chi connectivity index (χ0v) is 17.6. The molecule has 0 aliphatic heterocycles. The maximum Gasteiger partial charge on any atom is 0.267 e. The molecule has 2 heterocycles. The first-order chi connectivity index (χ1) is 15.9. The quantitative estimate of drug-likeness (QED) is 0.395. The smallest absolute Gasteiger partial charge is 0.267 e. The Labute approximate surface area is 188 Å². The number of benzene rings is 2. The van der Waals surface area contributed by atoms with Gasteiger partial charge in [-0.25, -0.2) is 18.2 Å². The Kier molecular flexibility index (Phi) is 5.28. The summed E-state index contributed by atoms with van der Waals surface area (Å²) < 4.78 is 43.5. The maximum atomic E-state index is 14.5. The van der Waals surface area contributed by atoms with Crippen LogP contribution in [-0.2, 0) is 4.79 Å². The molecule has 2 N–H and O–H groups in total. The number of rotatable bonds is 6. The average molecular weight is 450 g/mol. The fourth-order valence-electron chi connectivity index (χ4n) is 4.52. The van der Waals surface area contributed by atoms with Crippen LogP contribution in [0.25, 0.3) is 27.9 Å². The number of carbonyl (C=O) groups is 1. The highest BCUT2D eigenvalue weighted by Crippen LogP contribution is 2.48. The van der Waals surface area contributed by atoms with Gasteiger partial charge in [0.25, 0.3) is 5.91 Å². The fourth-order valence-corrected chi connectivity index (χ4v) is 4.52. The Morgan fingerprint density at radius 1 is 1.15 bits per heavy atom. The SMILES string of the molecule is C=C(C(=O)NCC1CC(c2c(-c3ccc(F)cc3)[nH]c3c(F)cc(F)cc23)C1)n1ccnc1. The molecule has 1 saturated carbocycles. The second-order valence-electron chi connectivity index (χ2n) is 8.39. The highest BCUT2D eigenvalue weighted by atomic mass is 19.1. The molecule has 2 aromatic carbocycles.